The Labute approximate surface area is 179 Å². The van der Waals surface area contributed by atoms with Crippen LogP contribution in [-0.2, 0) is 14.3 Å². The minimum absolute atomic E-state index is 0.0246. The number of rotatable bonds is 2. The van der Waals surface area contributed by atoms with E-state index in [-0.39, 0.29) is 10.8 Å². The third-order valence-corrected chi connectivity index (χ3v) is 8.31. The molecule has 0 heterocycles. The number of halogens is 1. The first-order valence-electron chi connectivity index (χ1n) is 11.2. The largest absolute Gasteiger partial charge is 0.453 e. The lowest BCUT2D eigenvalue weighted by molar-refractivity contribution is -0.132. The molecule has 5 atom stereocenters. The second kappa shape index (κ2) is 8.53. The van der Waals surface area contributed by atoms with Crippen LogP contribution in [0, 0.1) is 34.5 Å². The van der Waals surface area contributed by atoms with Gasteiger partial charge >= 0.3 is 5.43 Å². The highest BCUT2D eigenvalue weighted by atomic mass is 35.5. The van der Waals surface area contributed by atoms with Crippen molar-refractivity contribution in [3.63, 3.8) is 0 Å². The highest BCUT2D eigenvalue weighted by Crippen LogP contribution is 2.64. The molecule has 0 aromatic carbocycles. The SMILES string of the molecule is CC(C)COC(=O)Cl.C[C@]12CCC(=O)C=C1CC[C@@H]1[C@@H]2CC[C@]2(C)C(=O)CC[C@@H]12. The molecule has 0 spiro atoms. The summed E-state index contributed by atoms with van der Waals surface area (Å²) in [4.78, 5) is 34.0. The van der Waals surface area contributed by atoms with Crippen molar-refractivity contribution in [1.29, 1.82) is 0 Å². The average Bonchev–Trinajstić information content (AvgIpc) is 2.96. The number of hydrogen-bond donors (Lipinski definition) is 0. The second-order valence-corrected chi connectivity index (χ2v) is 10.6. The molecule has 3 fully saturated rings. The molecule has 29 heavy (non-hydrogen) atoms. The van der Waals surface area contributed by atoms with Crippen LogP contribution >= 0.6 is 11.6 Å². The molecule has 0 radical (unpaired) electrons. The first kappa shape index (κ1) is 22.5. The van der Waals surface area contributed by atoms with E-state index in [0.29, 0.717) is 41.8 Å². The van der Waals surface area contributed by atoms with E-state index in [4.69, 9.17) is 11.6 Å². The quantitative estimate of drug-likeness (QED) is 0.504. The summed E-state index contributed by atoms with van der Waals surface area (Å²) in [5.41, 5.74) is 0.916. The van der Waals surface area contributed by atoms with Gasteiger partial charge in [0.2, 0.25) is 0 Å². The van der Waals surface area contributed by atoms with Crippen LogP contribution in [0.25, 0.3) is 0 Å². The van der Waals surface area contributed by atoms with Gasteiger partial charge in [-0.1, -0.05) is 33.3 Å². The molecule has 4 aliphatic carbocycles. The number of ketones is 2. The van der Waals surface area contributed by atoms with Gasteiger partial charge in [-0.3, -0.25) is 9.59 Å². The molecule has 0 bridgehead atoms. The Morgan fingerprint density at radius 1 is 1.07 bits per heavy atom. The summed E-state index contributed by atoms with van der Waals surface area (Å²) in [6.45, 7) is 8.94. The van der Waals surface area contributed by atoms with Crippen LogP contribution in [0.3, 0.4) is 0 Å². The van der Waals surface area contributed by atoms with Crippen molar-refractivity contribution in [2.24, 2.45) is 34.5 Å². The number of Topliss-reactive ketones (excluding diaryl/α,β-unsaturated/α-hetero) is 1. The summed E-state index contributed by atoms with van der Waals surface area (Å²) in [5, 5.41) is 0. The van der Waals surface area contributed by atoms with Crippen LogP contribution in [0.5, 0.6) is 0 Å². The fourth-order valence-electron chi connectivity index (χ4n) is 6.56. The van der Waals surface area contributed by atoms with Crippen molar-refractivity contribution < 1.29 is 19.1 Å². The molecule has 0 amide bonds. The van der Waals surface area contributed by atoms with Crippen molar-refractivity contribution >= 4 is 28.6 Å². The van der Waals surface area contributed by atoms with Crippen molar-refractivity contribution in [1.82, 2.24) is 0 Å². The van der Waals surface area contributed by atoms with Crippen molar-refractivity contribution in [2.45, 2.75) is 79.1 Å². The van der Waals surface area contributed by atoms with Crippen LogP contribution in [-0.4, -0.2) is 23.6 Å². The van der Waals surface area contributed by atoms with E-state index in [0.717, 1.165) is 38.5 Å². The van der Waals surface area contributed by atoms with Gasteiger partial charge in [-0.25, -0.2) is 4.79 Å². The van der Waals surface area contributed by atoms with E-state index in [9.17, 15) is 14.4 Å². The molecule has 0 N–H and O–H groups in total. The average molecular weight is 423 g/mol. The number of carbonyl (C=O) groups excluding carboxylic acids is 3. The maximum Gasteiger partial charge on any atom is 0.403 e. The summed E-state index contributed by atoms with van der Waals surface area (Å²) in [5.74, 6) is 3.24. The summed E-state index contributed by atoms with van der Waals surface area (Å²) in [7, 11) is 0. The zero-order valence-corrected chi connectivity index (χ0v) is 19.0. The first-order valence-corrected chi connectivity index (χ1v) is 11.5. The van der Waals surface area contributed by atoms with Gasteiger partial charge in [0.25, 0.3) is 0 Å². The zero-order valence-electron chi connectivity index (χ0n) is 18.3. The lowest BCUT2D eigenvalue weighted by Gasteiger charge is -2.56. The third-order valence-electron chi connectivity index (χ3n) is 8.20. The highest BCUT2D eigenvalue weighted by molar-refractivity contribution is 6.61. The molecule has 0 aromatic heterocycles. The summed E-state index contributed by atoms with van der Waals surface area (Å²) >= 11 is 4.86. The molecule has 0 unspecified atom stereocenters. The molecule has 4 rings (SSSR count). The van der Waals surface area contributed by atoms with Crippen LogP contribution < -0.4 is 0 Å². The molecule has 0 aromatic rings. The highest BCUT2D eigenvalue weighted by Gasteiger charge is 2.58. The topological polar surface area (TPSA) is 60.4 Å². The Morgan fingerprint density at radius 3 is 2.38 bits per heavy atom. The van der Waals surface area contributed by atoms with Gasteiger partial charge in [-0.05, 0) is 73.7 Å². The van der Waals surface area contributed by atoms with E-state index in [1.54, 1.807) is 0 Å². The Morgan fingerprint density at radius 2 is 1.76 bits per heavy atom. The number of carbonyl (C=O) groups is 3. The first-order chi connectivity index (χ1) is 13.6. The van der Waals surface area contributed by atoms with Gasteiger partial charge in [-0.15, -0.1) is 0 Å². The summed E-state index contributed by atoms with van der Waals surface area (Å²) in [6, 6.07) is 0. The van der Waals surface area contributed by atoms with Crippen LogP contribution in [0.15, 0.2) is 11.6 Å². The van der Waals surface area contributed by atoms with Crippen LogP contribution in [0.4, 0.5) is 4.79 Å². The molecule has 162 valence electrons. The van der Waals surface area contributed by atoms with Crippen LogP contribution in [0.2, 0.25) is 0 Å². The molecule has 3 saturated carbocycles. The van der Waals surface area contributed by atoms with E-state index in [2.05, 4.69) is 18.6 Å². The minimum atomic E-state index is -0.723. The van der Waals surface area contributed by atoms with Gasteiger partial charge in [0, 0.05) is 29.9 Å². The van der Waals surface area contributed by atoms with E-state index in [1.165, 1.54) is 18.4 Å². The van der Waals surface area contributed by atoms with Gasteiger partial charge in [0.15, 0.2) is 5.78 Å². The zero-order chi connectivity index (χ0) is 21.4. The maximum atomic E-state index is 12.4. The van der Waals surface area contributed by atoms with Crippen molar-refractivity contribution in [2.75, 3.05) is 6.61 Å². The molecule has 0 aliphatic heterocycles. The standard InChI is InChI=1S/C19H26O2.C5H9ClO2/c1-18-9-7-13(20)11-12(18)3-4-14-15-5-6-17(21)19(15,2)10-8-16(14)18;1-4(2)3-8-5(6)7/h11,14-16H,3-10H2,1-2H3;4H,3H2,1-2H3/t14-,15-,16-,18-,19-;/m0./s1. The Hall–Kier alpha value is -1.16. The van der Waals surface area contributed by atoms with Gasteiger partial charge in [-0.2, -0.15) is 0 Å². The lowest BCUT2D eigenvalue weighted by Crippen LogP contribution is -2.50. The van der Waals surface area contributed by atoms with E-state index in [1.807, 2.05) is 19.9 Å². The van der Waals surface area contributed by atoms with Gasteiger partial charge in [0.1, 0.15) is 5.78 Å². The Kier molecular flexibility index (Phi) is 6.62. The smallest absolute Gasteiger partial charge is 0.403 e. The predicted molar refractivity (Wildman–Crippen MR) is 114 cm³/mol. The molecule has 0 saturated heterocycles. The Balaban J connectivity index is 0.000000258. The lowest BCUT2D eigenvalue weighted by atomic mass is 9.47. The second-order valence-electron chi connectivity index (χ2n) is 10.3. The number of fused-ring (bicyclic) bond motifs is 5. The van der Waals surface area contributed by atoms with E-state index < -0.39 is 5.43 Å². The van der Waals surface area contributed by atoms with Gasteiger partial charge < -0.3 is 4.74 Å². The molecule has 4 nitrogen and oxygen atoms in total. The molecule has 5 heteroatoms. The Bertz CT molecular complexity index is 712. The third kappa shape index (κ3) is 4.33. The van der Waals surface area contributed by atoms with E-state index >= 15 is 0 Å². The van der Waals surface area contributed by atoms with Crippen molar-refractivity contribution in [3.8, 4) is 0 Å². The minimum Gasteiger partial charge on any atom is -0.453 e. The normalized spacial score (nSPS) is 38.3. The fourth-order valence-corrected chi connectivity index (χ4v) is 6.63. The fraction of sp³-hybridized carbons (Fsp3) is 0.792. The predicted octanol–water partition coefficient (Wildman–Crippen LogP) is 6.11. The summed E-state index contributed by atoms with van der Waals surface area (Å²) < 4.78 is 4.43. The number of hydrogen-bond acceptors (Lipinski definition) is 4. The molecular formula is C24H35ClO4. The maximum absolute atomic E-state index is 12.4. The summed E-state index contributed by atoms with van der Waals surface area (Å²) in [6.07, 6.45) is 10.2. The number of allylic oxidation sites excluding steroid dienone is 1. The number of ether oxygens (including phenoxy) is 1. The molecule has 4 aliphatic rings. The monoisotopic (exact) mass is 422 g/mol. The molecular weight excluding hydrogens is 388 g/mol. The van der Waals surface area contributed by atoms with Crippen LogP contribution in [0.1, 0.15) is 79.1 Å². The van der Waals surface area contributed by atoms with Crippen molar-refractivity contribution in [3.05, 3.63) is 11.6 Å². The van der Waals surface area contributed by atoms with Gasteiger partial charge in [0.05, 0.1) is 6.61 Å².